The van der Waals surface area contributed by atoms with Crippen molar-refractivity contribution in [3.8, 4) is 0 Å². The highest BCUT2D eigenvalue weighted by Crippen LogP contribution is 2.21. The third-order valence-electron chi connectivity index (χ3n) is 4.03. The number of sulfonamides is 1. The molecule has 0 atom stereocenters. The summed E-state index contributed by atoms with van der Waals surface area (Å²) in [6.07, 6.45) is 0. The molecule has 0 aliphatic carbocycles. The van der Waals surface area contributed by atoms with Gasteiger partial charge in [0, 0.05) is 41.8 Å². The molecule has 0 unspecified atom stereocenters. The van der Waals surface area contributed by atoms with Crippen LogP contribution in [0.4, 0.5) is 0 Å². The van der Waals surface area contributed by atoms with Crippen LogP contribution in [-0.4, -0.2) is 49.7 Å². The zero-order valence-corrected chi connectivity index (χ0v) is 15.6. The second-order valence-electron chi connectivity index (χ2n) is 5.66. The van der Waals surface area contributed by atoms with Gasteiger partial charge in [-0.2, -0.15) is 4.31 Å². The van der Waals surface area contributed by atoms with Crippen molar-refractivity contribution >= 4 is 39.1 Å². The molecule has 1 fully saturated rings. The van der Waals surface area contributed by atoms with Crippen LogP contribution in [-0.2, 0) is 10.0 Å². The number of nitrogens with zero attached hydrogens (tertiary/aromatic N) is 2. The molecule has 0 bridgehead atoms. The first kappa shape index (κ1) is 18.2. The van der Waals surface area contributed by atoms with Crippen LogP contribution in [0, 0.1) is 0 Å². The fourth-order valence-electron chi connectivity index (χ4n) is 2.71. The van der Waals surface area contributed by atoms with Crippen LogP contribution < -0.4 is 0 Å². The highest BCUT2D eigenvalue weighted by Gasteiger charge is 2.30. The molecule has 1 aliphatic rings. The van der Waals surface area contributed by atoms with E-state index in [-0.39, 0.29) is 23.9 Å². The first-order valence-corrected chi connectivity index (χ1v) is 9.88. The lowest BCUT2D eigenvalue weighted by molar-refractivity contribution is 0.0698. The first-order valence-electron chi connectivity index (χ1n) is 7.68. The zero-order chi connectivity index (χ0) is 18.0. The van der Waals surface area contributed by atoms with Crippen LogP contribution in [0.5, 0.6) is 0 Å². The number of carbonyl (C=O) groups is 1. The van der Waals surface area contributed by atoms with Gasteiger partial charge >= 0.3 is 0 Å². The largest absolute Gasteiger partial charge is 0.336 e. The van der Waals surface area contributed by atoms with Gasteiger partial charge in [0.05, 0.1) is 4.90 Å². The van der Waals surface area contributed by atoms with Crippen molar-refractivity contribution in [3.63, 3.8) is 0 Å². The molecule has 1 heterocycles. The molecule has 1 amide bonds. The van der Waals surface area contributed by atoms with Gasteiger partial charge in [-0.15, -0.1) is 0 Å². The number of hydrogen-bond acceptors (Lipinski definition) is 3. The molecule has 8 heteroatoms. The van der Waals surface area contributed by atoms with E-state index in [9.17, 15) is 13.2 Å². The van der Waals surface area contributed by atoms with E-state index in [2.05, 4.69) is 0 Å². The molecule has 2 aromatic rings. The van der Waals surface area contributed by atoms with E-state index in [1.54, 1.807) is 41.3 Å². The van der Waals surface area contributed by atoms with E-state index in [1.165, 1.54) is 16.4 Å². The van der Waals surface area contributed by atoms with Crippen molar-refractivity contribution in [1.29, 1.82) is 0 Å². The van der Waals surface area contributed by atoms with Gasteiger partial charge in [-0.25, -0.2) is 8.42 Å². The SMILES string of the molecule is O=C(c1cccc(Cl)c1)N1CCN(S(=O)(=O)c2cccc(Cl)c2)CC1. The molecule has 1 aliphatic heterocycles. The van der Waals surface area contributed by atoms with E-state index < -0.39 is 10.0 Å². The van der Waals surface area contributed by atoms with Gasteiger partial charge in [0.1, 0.15) is 0 Å². The van der Waals surface area contributed by atoms with Gasteiger partial charge in [0.15, 0.2) is 0 Å². The summed E-state index contributed by atoms with van der Waals surface area (Å²) in [5.41, 5.74) is 0.499. The lowest BCUT2D eigenvalue weighted by Crippen LogP contribution is -2.50. The quantitative estimate of drug-likeness (QED) is 0.797. The number of amides is 1. The van der Waals surface area contributed by atoms with Crippen LogP contribution in [0.1, 0.15) is 10.4 Å². The summed E-state index contributed by atoms with van der Waals surface area (Å²) < 4.78 is 26.7. The van der Waals surface area contributed by atoms with Crippen LogP contribution in [0.25, 0.3) is 0 Å². The number of piperazine rings is 1. The molecular weight excluding hydrogens is 383 g/mol. The number of benzene rings is 2. The van der Waals surface area contributed by atoms with Crippen LogP contribution in [0.2, 0.25) is 10.0 Å². The van der Waals surface area contributed by atoms with E-state index >= 15 is 0 Å². The second kappa shape index (κ2) is 7.33. The molecule has 0 aromatic heterocycles. The monoisotopic (exact) mass is 398 g/mol. The Morgan fingerprint density at radius 3 is 2.08 bits per heavy atom. The normalized spacial score (nSPS) is 16.0. The maximum Gasteiger partial charge on any atom is 0.253 e. The molecule has 0 spiro atoms. The molecule has 132 valence electrons. The third kappa shape index (κ3) is 3.98. The van der Waals surface area contributed by atoms with Gasteiger partial charge in [0.2, 0.25) is 10.0 Å². The van der Waals surface area contributed by atoms with Crippen LogP contribution in [0.15, 0.2) is 53.4 Å². The molecule has 0 saturated carbocycles. The second-order valence-corrected chi connectivity index (χ2v) is 8.47. The molecule has 25 heavy (non-hydrogen) atoms. The molecule has 2 aromatic carbocycles. The van der Waals surface area contributed by atoms with Crippen molar-refractivity contribution in [2.75, 3.05) is 26.2 Å². The van der Waals surface area contributed by atoms with Crippen molar-refractivity contribution in [3.05, 3.63) is 64.1 Å². The maximum absolute atomic E-state index is 12.7. The highest BCUT2D eigenvalue weighted by molar-refractivity contribution is 7.89. The Bertz CT molecular complexity index is 894. The standard InChI is InChI=1S/C17H16Cl2N2O3S/c18-14-4-1-3-13(11-14)17(22)20-7-9-21(10-8-20)25(23,24)16-6-2-5-15(19)12-16/h1-6,11-12H,7-10H2. The van der Waals surface area contributed by atoms with Crippen molar-refractivity contribution in [2.45, 2.75) is 4.90 Å². The zero-order valence-electron chi connectivity index (χ0n) is 13.2. The summed E-state index contributed by atoms with van der Waals surface area (Å²) in [5.74, 6) is -0.151. The van der Waals surface area contributed by atoms with E-state index in [0.717, 1.165) is 0 Å². The minimum Gasteiger partial charge on any atom is -0.336 e. The van der Waals surface area contributed by atoms with Crippen LogP contribution >= 0.6 is 23.2 Å². The summed E-state index contributed by atoms with van der Waals surface area (Å²) in [6.45, 7) is 1.12. The fourth-order valence-corrected chi connectivity index (χ4v) is 4.63. The topological polar surface area (TPSA) is 57.7 Å². The van der Waals surface area contributed by atoms with Gasteiger partial charge in [-0.3, -0.25) is 4.79 Å². The van der Waals surface area contributed by atoms with Crippen molar-refractivity contribution in [2.24, 2.45) is 0 Å². The minimum absolute atomic E-state index is 0.151. The van der Waals surface area contributed by atoms with E-state index in [1.807, 2.05) is 0 Å². The predicted octanol–water partition coefficient (Wildman–Crippen LogP) is 3.14. The highest BCUT2D eigenvalue weighted by atomic mass is 35.5. The smallest absolute Gasteiger partial charge is 0.253 e. The summed E-state index contributed by atoms with van der Waals surface area (Å²) in [7, 11) is -3.62. The Labute approximate surface area is 156 Å². The van der Waals surface area contributed by atoms with Gasteiger partial charge < -0.3 is 4.90 Å². The average molecular weight is 399 g/mol. The van der Waals surface area contributed by atoms with E-state index in [0.29, 0.717) is 28.7 Å². The molecule has 0 N–H and O–H groups in total. The lowest BCUT2D eigenvalue weighted by atomic mass is 10.2. The minimum atomic E-state index is -3.62. The fraction of sp³-hybridized carbons (Fsp3) is 0.235. The summed E-state index contributed by atoms with van der Waals surface area (Å²) >= 11 is 11.8. The van der Waals surface area contributed by atoms with Crippen molar-refractivity contribution in [1.82, 2.24) is 9.21 Å². The van der Waals surface area contributed by atoms with E-state index in [4.69, 9.17) is 23.2 Å². The van der Waals surface area contributed by atoms with Crippen molar-refractivity contribution < 1.29 is 13.2 Å². The number of hydrogen-bond donors (Lipinski definition) is 0. The van der Waals surface area contributed by atoms with Crippen LogP contribution in [0.3, 0.4) is 0 Å². The van der Waals surface area contributed by atoms with Gasteiger partial charge in [0.25, 0.3) is 5.91 Å². The Morgan fingerprint density at radius 2 is 1.48 bits per heavy atom. The number of carbonyl (C=O) groups excluding carboxylic acids is 1. The first-order chi connectivity index (χ1) is 11.9. The molecular formula is C17H16Cl2N2O3S. The Hall–Kier alpha value is -1.60. The predicted molar refractivity (Wildman–Crippen MR) is 97.6 cm³/mol. The lowest BCUT2D eigenvalue weighted by Gasteiger charge is -2.34. The average Bonchev–Trinajstić information content (AvgIpc) is 2.61. The van der Waals surface area contributed by atoms with Gasteiger partial charge in [-0.05, 0) is 36.4 Å². The maximum atomic E-state index is 12.7. The molecule has 5 nitrogen and oxygen atoms in total. The summed E-state index contributed by atoms with van der Waals surface area (Å²) in [5, 5.41) is 0.865. The summed E-state index contributed by atoms with van der Waals surface area (Å²) in [6, 6.07) is 12.9. The Morgan fingerprint density at radius 1 is 0.880 bits per heavy atom. The Balaban J connectivity index is 1.70. The number of halogens is 2. The third-order valence-corrected chi connectivity index (χ3v) is 6.40. The molecule has 0 radical (unpaired) electrons. The summed E-state index contributed by atoms with van der Waals surface area (Å²) in [4.78, 5) is 14.3. The number of rotatable bonds is 3. The molecule has 1 saturated heterocycles. The molecule has 3 rings (SSSR count). The van der Waals surface area contributed by atoms with Gasteiger partial charge in [-0.1, -0.05) is 35.3 Å². The Kier molecular flexibility index (Phi) is 5.34.